The van der Waals surface area contributed by atoms with Gasteiger partial charge in [0.05, 0.1) is 6.33 Å². The van der Waals surface area contributed by atoms with E-state index < -0.39 is 0 Å². The van der Waals surface area contributed by atoms with E-state index >= 15 is 0 Å². The van der Waals surface area contributed by atoms with Crippen molar-refractivity contribution in [3.63, 3.8) is 0 Å². The molecule has 1 N–H and O–H groups in total. The van der Waals surface area contributed by atoms with Crippen LogP contribution in [-0.4, -0.2) is 9.97 Å². The summed E-state index contributed by atoms with van der Waals surface area (Å²) in [5.74, 6) is 0. The molecule has 4 heteroatoms. The first-order chi connectivity index (χ1) is 6.29. The molecule has 0 radical (unpaired) electrons. The average molecular weight is 303 g/mol. The van der Waals surface area contributed by atoms with Crippen LogP contribution in [0.15, 0.2) is 43.2 Å². The number of halogens is 1. The van der Waals surface area contributed by atoms with Gasteiger partial charge in [0.1, 0.15) is 7.05 Å². The maximum atomic E-state index is 3.67. The van der Waals surface area contributed by atoms with Gasteiger partial charge in [-0.25, -0.2) is 9.55 Å². The van der Waals surface area contributed by atoms with E-state index in [4.69, 9.17) is 0 Å². The van der Waals surface area contributed by atoms with Gasteiger partial charge in [-0.05, 0) is 13.0 Å². The summed E-state index contributed by atoms with van der Waals surface area (Å²) in [7, 11) is 2.02. The Morgan fingerprint density at radius 3 is 2.50 bits per heavy atom. The first kappa shape index (κ1) is 13.1. The van der Waals surface area contributed by atoms with Gasteiger partial charge in [0.15, 0.2) is 12.4 Å². The van der Waals surface area contributed by atoms with Crippen molar-refractivity contribution in [2.45, 2.75) is 6.92 Å². The van der Waals surface area contributed by atoms with Crippen LogP contribution in [0.25, 0.3) is 0 Å². The molecule has 0 spiro atoms. The zero-order chi connectivity index (χ0) is 9.52. The van der Waals surface area contributed by atoms with Crippen LogP contribution in [0.2, 0.25) is 0 Å². The molecule has 0 aliphatic rings. The highest BCUT2D eigenvalue weighted by Crippen LogP contribution is 1.86. The maximum absolute atomic E-state index is 3.67. The third-order valence-electron chi connectivity index (χ3n) is 1.49. The molecule has 3 nitrogen and oxygen atoms in total. The molecule has 2 rings (SSSR count). The molecule has 0 atom stereocenters. The molecule has 0 unspecified atom stereocenters. The molecule has 14 heavy (non-hydrogen) atoms. The minimum absolute atomic E-state index is 0. The molecule has 0 bridgehead atoms. The van der Waals surface area contributed by atoms with Crippen molar-refractivity contribution in [2.24, 2.45) is 7.05 Å². The molecule has 0 amide bonds. The number of hydrogen-bond donors (Lipinski definition) is 1. The molecule has 0 aliphatic carbocycles. The summed E-state index contributed by atoms with van der Waals surface area (Å²) >= 11 is 0. The molecule has 0 aromatic carbocycles. The van der Waals surface area contributed by atoms with Gasteiger partial charge >= 0.3 is 0 Å². The predicted molar refractivity (Wildman–Crippen MR) is 50.9 cm³/mol. The van der Waals surface area contributed by atoms with E-state index in [-0.39, 0.29) is 24.0 Å². The second-order valence-electron chi connectivity index (χ2n) is 2.81. The smallest absolute Gasteiger partial charge is 0.171 e. The van der Waals surface area contributed by atoms with Gasteiger partial charge in [0, 0.05) is 24.0 Å². The number of H-pyrrole nitrogens is 1. The van der Waals surface area contributed by atoms with Crippen molar-refractivity contribution in [3.8, 4) is 0 Å². The topological polar surface area (TPSA) is 32.6 Å². The molecule has 2 aromatic heterocycles. The zero-order valence-corrected chi connectivity index (χ0v) is 10.5. The normalized spacial score (nSPS) is 8.14. The third kappa shape index (κ3) is 5.69. The SMILES string of the molecule is Cc1ccc[n+](C)c1.[I-].c1c[nH]cn1. The first-order valence-corrected chi connectivity index (χ1v) is 4.13. The van der Waals surface area contributed by atoms with Crippen LogP contribution in [0.1, 0.15) is 5.56 Å². The fourth-order valence-electron chi connectivity index (χ4n) is 0.953. The highest BCUT2D eigenvalue weighted by atomic mass is 127. The Balaban J connectivity index is 0.000000246. The van der Waals surface area contributed by atoms with Gasteiger partial charge < -0.3 is 29.0 Å². The van der Waals surface area contributed by atoms with Crippen molar-refractivity contribution in [1.82, 2.24) is 9.97 Å². The minimum Gasteiger partial charge on any atom is -1.00 e. The van der Waals surface area contributed by atoms with Crippen LogP contribution in [0.5, 0.6) is 0 Å². The van der Waals surface area contributed by atoms with E-state index in [9.17, 15) is 0 Å². The van der Waals surface area contributed by atoms with Crippen LogP contribution in [0, 0.1) is 6.92 Å². The molecule has 0 fully saturated rings. The summed E-state index contributed by atoms with van der Waals surface area (Å²) in [6.45, 7) is 2.08. The minimum atomic E-state index is 0. The molecule has 0 saturated heterocycles. The Labute approximate surface area is 101 Å². The summed E-state index contributed by atoms with van der Waals surface area (Å²) in [5, 5.41) is 0. The standard InChI is InChI=1S/C7H10N.C3H4N2.HI/c1-7-4-3-5-8(2)6-7;1-2-5-3-4-1;/h3-6H,1-2H3;1-3H,(H,4,5);1H/q+1;;/p-1. The molecule has 76 valence electrons. The summed E-state index contributed by atoms with van der Waals surface area (Å²) < 4.78 is 2.04. The van der Waals surface area contributed by atoms with Crippen molar-refractivity contribution < 1.29 is 28.5 Å². The predicted octanol–water partition coefficient (Wildman–Crippen LogP) is -1.77. The van der Waals surface area contributed by atoms with E-state index in [2.05, 4.69) is 29.2 Å². The van der Waals surface area contributed by atoms with E-state index in [0.717, 1.165) is 0 Å². The number of aromatic amines is 1. The summed E-state index contributed by atoms with van der Waals surface area (Å²) in [5.41, 5.74) is 1.30. The van der Waals surface area contributed by atoms with E-state index in [1.165, 1.54) is 5.56 Å². The Bertz CT molecular complexity index is 298. The van der Waals surface area contributed by atoms with Crippen molar-refractivity contribution in [2.75, 3.05) is 0 Å². The lowest BCUT2D eigenvalue weighted by Crippen LogP contribution is -3.00. The van der Waals surface area contributed by atoms with Crippen LogP contribution >= 0.6 is 0 Å². The maximum Gasteiger partial charge on any atom is 0.171 e. The second-order valence-corrected chi connectivity index (χ2v) is 2.81. The van der Waals surface area contributed by atoms with E-state index in [1.54, 1.807) is 18.7 Å². The van der Waals surface area contributed by atoms with Gasteiger partial charge in [-0.1, -0.05) is 0 Å². The van der Waals surface area contributed by atoms with E-state index in [0.29, 0.717) is 0 Å². The van der Waals surface area contributed by atoms with Gasteiger partial charge in [-0.2, -0.15) is 0 Å². The van der Waals surface area contributed by atoms with Crippen LogP contribution < -0.4 is 28.5 Å². The lowest BCUT2D eigenvalue weighted by molar-refractivity contribution is -0.671. The number of nitrogens with zero attached hydrogens (tertiary/aromatic N) is 2. The fourth-order valence-corrected chi connectivity index (χ4v) is 0.953. The average Bonchev–Trinajstić information content (AvgIpc) is 2.59. The lowest BCUT2D eigenvalue weighted by Gasteiger charge is -1.85. The lowest BCUT2D eigenvalue weighted by atomic mass is 10.3. The van der Waals surface area contributed by atoms with Crippen molar-refractivity contribution >= 4 is 0 Å². The Hall–Kier alpha value is -0.910. The summed E-state index contributed by atoms with van der Waals surface area (Å²) in [6, 6.07) is 4.12. The second kappa shape index (κ2) is 7.49. The monoisotopic (exact) mass is 303 g/mol. The Morgan fingerprint density at radius 1 is 1.43 bits per heavy atom. The highest BCUT2D eigenvalue weighted by Gasteiger charge is 1.87. The van der Waals surface area contributed by atoms with Gasteiger partial charge in [0.25, 0.3) is 0 Å². The quantitative estimate of drug-likeness (QED) is 0.454. The largest absolute Gasteiger partial charge is 1.00 e. The number of aromatic nitrogens is 3. The number of imidazole rings is 1. The Kier molecular flexibility index (Phi) is 7.00. The van der Waals surface area contributed by atoms with Crippen molar-refractivity contribution in [1.29, 1.82) is 0 Å². The summed E-state index contributed by atoms with van der Waals surface area (Å²) in [4.78, 5) is 6.42. The molecule has 0 aliphatic heterocycles. The number of pyridine rings is 1. The molecular weight excluding hydrogens is 289 g/mol. The fraction of sp³-hybridized carbons (Fsp3) is 0.200. The van der Waals surface area contributed by atoms with Gasteiger partial charge in [-0.15, -0.1) is 0 Å². The van der Waals surface area contributed by atoms with Crippen LogP contribution in [-0.2, 0) is 7.05 Å². The molecular formula is C10H14IN3. The van der Waals surface area contributed by atoms with Crippen LogP contribution in [0.3, 0.4) is 0 Å². The molecule has 2 heterocycles. The molecule has 2 aromatic rings. The van der Waals surface area contributed by atoms with Gasteiger partial charge in [0.2, 0.25) is 0 Å². The van der Waals surface area contributed by atoms with Crippen molar-refractivity contribution in [3.05, 3.63) is 48.8 Å². The number of nitrogens with one attached hydrogen (secondary N) is 1. The summed E-state index contributed by atoms with van der Waals surface area (Å²) in [6.07, 6.45) is 9.19. The first-order valence-electron chi connectivity index (χ1n) is 4.13. The Morgan fingerprint density at radius 2 is 2.21 bits per heavy atom. The number of hydrogen-bond acceptors (Lipinski definition) is 1. The molecule has 0 saturated carbocycles. The number of rotatable bonds is 0. The van der Waals surface area contributed by atoms with Gasteiger partial charge in [-0.3, -0.25) is 0 Å². The highest BCUT2D eigenvalue weighted by molar-refractivity contribution is 5.00. The number of aryl methyl sites for hydroxylation is 2. The zero-order valence-electron chi connectivity index (χ0n) is 8.31. The van der Waals surface area contributed by atoms with E-state index in [1.807, 2.05) is 23.9 Å². The third-order valence-corrected chi connectivity index (χ3v) is 1.49. The van der Waals surface area contributed by atoms with Crippen LogP contribution in [0.4, 0.5) is 0 Å².